The van der Waals surface area contributed by atoms with Crippen molar-refractivity contribution in [3.63, 3.8) is 0 Å². The number of imide groups is 2. The van der Waals surface area contributed by atoms with E-state index in [1.165, 1.54) is 4.90 Å². The number of urea groups is 1. The summed E-state index contributed by atoms with van der Waals surface area (Å²) in [5.74, 6) is -1.09. The van der Waals surface area contributed by atoms with Crippen LogP contribution in [-0.4, -0.2) is 28.8 Å². The summed E-state index contributed by atoms with van der Waals surface area (Å²) in [6.07, 6.45) is 4.19. The maximum absolute atomic E-state index is 12.3. The lowest BCUT2D eigenvalue weighted by atomic mass is 9.96. The Bertz CT molecular complexity index is 380. The fourth-order valence-electron chi connectivity index (χ4n) is 3.00. The van der Waals surface area contributed by atoms with Gasteiger partial charge in [-0.05, 0) is 25.2 Å². The van der Waals surface area contributed by atoms with Crippen LogP contribution in [0.25, 0.3) is 0 Å². The Balaban J connectivity index is 2.20. The van der Waals surface area contributed by atoms with Crippen molar-refractivity contribution >= 4 is 17.8 Å². The third-order valence-corrected chi connectivity index (χ3v) is 4.03. The number of hydrogen-bond acceptors (Lipinski definition) is 3. The standard InChI is InChI=1S/C13H20N2O3/c1-3-5-9-11(16)14-13(18)15(12(9)17)10-7-4-6-8(10)2/h8-10H,3-7H2,1-2H3,(H,14,16,18). The average molecular weight is 252 g/mol. The molecule has 0 spiro atoms. The molecule has 1 aliphatic heterocycles. The van der Waals surface area contributed by atoms with Gasteiger partial charge in [0.2, 0.25) is 11.8 Å². The molecule has 0 radical (unpaired) electrons. The predicted octanol–water partition coefficient (Wildman–Crippen LogP) is 1.67. The van der Waals surface area contributed by atoms with E-state index in [0.717, 1.165) is 25.7 Å². The number of carbonyl (C=O) groups is 3. The van der Waals surface area contributed by atoms with E-state index in [2.05, 4.69) is 12.2 Å². The fourth-order valence-corrected chi connectivity index (χ4v) is 3.00. The molecule has 1 aliphatic carbocycles. The molecule has 2 rings (SSSR count). The van der Waals surface area contributed by atoms with Crippen LogP contribution in [0.5, 0.6) is 0 Å². The summed E-state index contributed by atoms with van der Waals surface area (Å²) in [6, 6.07) is -0.568. The van der Waals surface area contributed by atoms with E-state index in [4.69, 9.17) is 0 Å². The van der Waals surface area contributed by atoms with E-state index in [-0.39, 0.29) is 11.9 Å². The SMILES string of the molecule is CCCC1C(=O)NC(=O)N(C2CCCC2C)C1=O. The lowest BCUT2D eigenvalue weighted by molar-refractivity contribution is -0.144. The molecule has 3 unspecified atom stereocenters. The zero-order valence-electron chi connectivity index (χ0n) is 10.9. The molecular weight excluding hydrogens is 232 g/mol. The highest BCUT2D eigenvalue weighted by atomic mass is 16.2. The van der Waals surface area contributed by atoms with Gasteiger partial charge in [-0.1, -0.05) is 26.7 Å². The second-order valence-corrected chi connectivity index (χ2v) is 5.32. The smallest absolute Gasteiger partial charge is 0.277 e. The van der Waals surface area contributed by atoms with Crippen LogP contribution < -0.4 is 5.32 Å². The lowest BCUT2D eigenvalue weighted by Crippen LogP contribution is -2.61. The van der Waals surface area contributed by atoms with E-state index in [1.54, 1.807) is 0 Å². The van der Waals surface area contributed by atoms with Crippen molar-refractivity contribution in [1.82, 2.24) is 10.2 Å². The zero-order valence-corrected chi connectivity index (χ0v) is 10.9. The van der Waals surface area contributed by atoms with Crippen LogP contribution in [0.15, 0.2) is 0 Å². The molecule has 0 aromatic heterocycles. The summed E-state index contributed by atoms with van der Waals surface area (Å²) in [7, 11) is 0. The number of carbonyl (C=O) groups excluding carboxylic acids is 3. The third-order valence-electron chi connectivity index (χ3n) is 4.03. The first-order valence-electron chi connectivity index (χ1n) is 6.74. The maximum Gasteiger partial charge on any atom is 0.331 e. The lowest BCUT2D eigenvalue weighted by Gasteiger charge is -2.35. The van der Waals surface area contributed by atoms with Crippen LogP contribution in [-0.2, 0) is 9.59 Å². The minimum atomic E-state index is -0.680. The van der Waals surface area contributed by atoms with Crippen LogP contribution in [0, 0.1) is 11.8 Å². The molecule has 5 nitrogen and oxygen atoms in total. The molecule has 1 saturated carbocycles. The summed E-state index contributed by atoms with van der Waals surface area (Å²) >= 11 is 0. The van der Waals surface area contributed by atoms with Gasteiger partial charge in [-0.25, -0.2) is 4.79 Å². The molecule has 5 heteroatoms. The monoisotopic (exact) mass is 252 g/mol. The quantitative estimate of drug-likeness (QED) is 0.777. The molecule has 0 aromatic carbocycles. The van der Waals surface area contributed by atoms with Gasteiger partial charge in [0.15, 0.2) is 0 Å². The minimum absolute atomic E-state index is 0.0371. The third kappa shape index (κ3) is 2.13. The maximum atomic E-state index is 12.3. The van der Waals surface area contributed by atoms with Gasteiger partial charge < -0.3 is 0 Å². The van der Waals surface area contributed by atoms with Crippen molar-refractivity contribution in [2.24, 2.45) is 11.8 Å². The van der Waals surface area contributed by atoms with Crippen LogP contribution in [0.3, 0.4) is 0 Å². The number of hydrogen-bond donors (Lipinski definition) is 1. The average Bonchev–Trinajstić information content (AvgIpc) is 2.71. The normalized spacial score (nSPS) is 32.9. The van der Waals surface area contributed by atoms with Crippen LogP contribution >= 0.6 is 0 Å². The number of barbiturate groups is 1. The number of nitrogens with one attached hydrogen (secondary N) is 1. The van der Waals surface area contributed by atoms with Crippen LogP contribution in [0.2, 0.25) is 0 Å². The first kappa shape index (κ1) is 13.1. The Morgan fingerprint density at radius 3 is 2.56 bits per heavy atom. The molecule has 2 fully saturated rings. The van der Waals surface area contributed by atoms with Gasteiger partial charge >= 0.3 is 6.03 Å². The van der Waals surface area contributed by atoms with Crippen molar-refractivity contribution in [3.8, 4) is 0 Å². The van der Waals surface area contributed by atoms with Gasteiger partial charge in [0.05, 0.1) is 0 Å². The Morgan fingerprint density at radius 2 is 2.00 bits per heavy atom. The van der Waals surface area contributed by atoms with Gasteiger partial charge in [-0.3, -0.25) is 19.8 Å². The van der Waals surface area contributed by atoms with E-state index in [0.29, 0.717) is 12.3 Å². The fraction of sp³-hybridized carbons (Fsp3) is 0.769. The Kier molecular flexibility index (Phi) is 3.68. The molecular formula is C13H20N2O3. The predicted molar refractivity (Wildman–Crippen MR) is 65.6 cm³/mol. The van der Waals surface area contributed by atoms with Crippen LogP contribution in [0.4, 0.5) is 4.79 Å². The van der Waals surface area contributed by atoms with Crippen molar-refractivity contribution in [2.75, 3.05) is 0 Å². The molecule has 18 heavy (non-hydrogen) atoms. The van der Waals surface area contributed by atoms with Crippen LogP contribution in [0.1, 0.15) is 46.0 Å². The number of amides is 4. The summed E-state index contributed by atoms with van der Waals surface area (Å²) in [5.41, 5.74) is 0. The van der Waals surface area contributed by atoms with Gasteiger partial charge in [0.1, 0.15) is 5.92 Å². The van der Waals surface area contributed by atoms with Crippen molar-refractivity contribution in [2.45, 2.75) is 52.0 Å². The summed E-state index contributed by atoms with van der Waals surface area (Å²) < 4.78 is 0. The summed E-state index contributed by atoms with van der Waals surface area (Å²) in [5, 5.41) is 2.32. The van der Waals surface area contributed by atoms with E-state index in [1.807, 2.05) is 6.92 Å². The molecule has 1 N–H and O–H groups in total. The van der Waals surface area contributed by atoms with Crippen molar-refractivity contribution in [1.29, 1.82) is 0 Å². The van der Waals surface area contributed by atoms with Gasteiger partial charge in [0.25, 0.3) is 0 Å². The molecule has 100 valence electrons. The first-order valence-corrected chi connectivity index (χ1v) is 6.74. The summed E-state index contributed by atoms with van der Waals surface area (Å²) in [6.45, 7) is 3.99. The van der Waals surface area contributed by atoms with Gasteiger partial charge in [0, 0.05) is 6.04 Å². The number of rotatable bonds is 3. The van der Waals surface area contributed by atoms with Gasteiger partial charge in [-0.2, -0.15) is 0 Å². The Morgan fingerprint density at radius 1 is 1.28 bits per heavy atom. The highest BCUT2D eigenvalue weighted by Gasteiger charge is 2.45. The minimum Gasteiger partial charge on any atom is -0.277 e. The molecule has 1 heterocycles. The van der Waals surface area contributed by atoms with Crippen molar-refractivity contribution in [3.05, 3.63) is 0 Å². The zero-order chi connectivity index (χ0) is 13.3. The van der Waals surface area contributed by atoms with E-state index in [9.17, 15) is 14.4 Å². The first-order chi connectivity index (χ1) is 8.56. The van der Waals surface area contributed by atoms with E-state index >= 15 is 0 Å². The number of nitrogens with zero attached hydrogens (tertiary/aromatic N) is 1. The molecule has 0 bridgehead atoms. The Hall–Kier alpha value is -1.39. The second-order valence-electron chi connectivity index (χ2n) is 5.32. The van der Waals surface area contributed by atoms with E-state index < -0.39 is 17.9 Å². The molecule has 3 atom stereocenters. The van der Waals surface area contributed by atoms with Crippen molar-refractivity contribution < 1.29 is 14.4 Å². The molecule has 2 aliphatic rings. The Labute approximate surface area is 107 Å². The molecule has 1 saturated heterocycles. The second kappa shape index (κ2) is 5.08. The highest BCUT2D eigenvalue weighted by Crippen LogP contribution is 2.32. The van der Waals surface area contributed by atoms with Gasteiger partial charge in [-0.15, -0.1) is 0 Å². The topological polar surface area (TPSA) is 66.5 Å². The molecule has 0 aromatic rings. The highest BCUT2D eigenvalue weighted by molar-refractivity contribution is 6.16. The summed E-state index contributed by atoms with van der Waals surface area (Å²) in [4.78, 5) is 37.2. The molecule has 4 amide bonds. The largest absolute Gasteiger partial charge is 0.331 e.